The van der Waals surface area contributed by atoms with E-state index in [1.54, 1.807) is 41.3 Å². The van der Waals surface area contributed by atoms with Gasteiger partial charge in [-0.25, -0.2) is 8.42 Å². The first-order chi connectivity index (χ1) is 15.9. The number of anilines is 1. The number of aliphatic imine (C=N–C) groups is 1. The van der Waals surface area contributed by atoms with Gasteiger partial charge in [0.05, 0.1) is 10.8 Å². The van der Waals surface area contributed by atoms with Crippen molar-refractivity contribution in [1.29, 1.82) is 0 Å². The Kier molecular flexibility index (Phi) is 7.34. The summed E-state index contributed by atoms with van der Waals surface area (Å²) in [5, 5.41) is 2.78. The highest BCUT2D eigenvalue weighted by Gasteiger charge is 2.35. The Labute approximate surface area is 197 Å². The monoisotopic (exact) mass is 486 g/mol. The van der Waals surface area contributed by atoms with Crippen molar-refractivity contribution in [3.05, 3.63) is 60.2 Å². The quantitative estimate of drug-likeness (QED) is 0.675. The number of hydrogen-bond acceptors (Lipinski definition) is 6. The van der Waals surface area contributed by atoms with Crippen molar-refractivity contribution in [2.75, 3.05) is 23.5 Å². The van der Waals surface area contributed by atoms with Gasteiger partial charge in [0, 0.05) is 30.0 Å². The molecule has 1 fully saturated rings. The molecule has 0 aromatic heterocycles. The molecule has 2 aliphatic rings. The van der Waals surface area contributed by atoms with Gasteiger partial charge in [-0.2, -0.15) is 0 Å². The van der Waals surface area contributed by atoms with Crippen LogP contribution in [0.1, 0.15) is 36.0 Å². The molecule has 174 valence electrons. The first-order valence-electron chi connectivity index (χ1n) is 10.8. The van der Waals surface area contributed by atoms with E-state index in [4.69, 9.17) is 0 Å². The number of carbonyl (C=O) groups excluding carboxylic acids is 2. The fraction of sp³-hybridized carbons (Fsp3) is 0.348. The number of amidine groups is 1. The van der Waals surface area contributed by atoms with Crippen LogP contribution in [0.5, 0.6) is 0 Å². The lowest BCUT2D eigenvalue weighted by molar-refractivity contribution is -0.119. The van der Waals surface area contributed by atoms with Gasteiger partial charge in [0.25, 0.3) is 15.9 Å². The Morgan fingerprint density at radius 1 is 1.03 bits per heavy atom. The van der Waals surface area contributed by atoms with E-state index in [0.29, 0.717) is 41.7 Å². The molecule has 2 heterocycles. The molecule has 0 saturated carbocycles. The highest BCUT2D eigenvalue weighted by atomic mass is 32.2. The van der Waals surface area contributed by atoms with Crippen LogP contribution in [-0.4, -0.2) is 55.2 Å². The van der Waals surface area contributed by atoms with Crippen LogP contribution >= 0.6 is 11.8 Å². The molecule has 1 saturated heterocycles. The molecular formula is C23H26N4O4S2. The Morgan fingerprint density at radius 3 is 2.67 bits per heavy atom. The molecule has 0 unspecified atom stereocenters. The number of carbonyl (C=O) groups is 2. The molecule has 0 aliphatic carbocycles. The van der Waals surface area contributed by atoms with Crippen molar-refractivity contribution in [1.82, 2.24) is 9.62 Å². The molecule has 1 atom stereocenters. The van der Waals surface area contributed by atoms with Crippen LogP contribution in [0.4, 0.5) is 5.69 Å². The molecule has 8 nitrogen and oxygen atoms in total. The molecule has 2 aromatic rings. The van der Waals surface area contributed by atoms with E-state index >= 15 is 0 Å². The van der Waals surface area contributed by atoms with Crippen LogP contribution in [0, 0.1) is 0 Å². The van der Waals surface area contributed by atoms with E-state index < -0.39 is 16.1 Å². The Morgan fingerprint density at radius 2 is 1.85 bits per heavy atom. The van der Waals surface area contributed by atoms with Gasteiger partial charge in [0.1, 0.15) is 11.9 Å². The zero-order chi connectivity index (χ0) is 23.3. The minimum Gasteiger partial charge on any atom is -0.324 e. The number of benzene rings is 2. The number of nitrogens with zero attached hydrogens (tertiary/aromatic N) is 2. The Balaban J connectivity index is 1.46. The van der Waals surface area contributed by atoms with E-state index in [9.17, 15) is 18.0 Å². The van der Waals surface area contributed by atoms with Crippen molar-refractivity contribution in [3.8, 4) is 0 Å². The van der Waals surface area contributed by atoms with Gasteiger partial charge in [-0.1, -0.05) is 30.7 Å². The second-order valence-corrected chi connectivity index (χ2v) is 10.6. The van der Waals surface area contributed by atoms with Crippen LogP contribution < -0.4 is 10.0 Å². The molecular weight excluding hydrogens is 460 g/mol. The highest BCUT2D eigenvalue weighted by molar-refractivity contribution is 7.99. The normalized spacial score (nSPS) is 18.8. The van der Waals surface area contributed by atoms with Gasteiger partial charge in [-0.05, 0) is 43.2 Å². The summed E-state index contributed by atoms with van der Waals surface area (Å²) >= 11 is 1.51. The fourth-order valence-corrected chi connectivity index (χ4v) is 6.03. The summed E-state index contributed by atoms with van der Waals surface area (Å²) in [6.07, 6.45) is 3.48. The number of hydrogen-bond donors (Lipinski definition) is 2. The van der Waals surface area contributed by atoms with Crippen LogP contribution in [0.15, 0.2) is 64.5 Å². The van der Waals surface area contributed by atoms with E-state index in [1.807, 2.05) is 6.07 Å². The standard InChI is InChI=1S/C23H26N4O4S2/c28-22(20-15-32-16-27(20)23(29)17-8-3-1-4-9-17)25-18-10-7-11-19(14-18)33(30,31)26-21-12-5-2-6-13-24-21/h1,3-4,7-11,14,20H,2,5-6,12-13,15-16H2,(H,24,26)(H,25,28)/t20-/m0/s1. The smallest absolute Gasteiger partial charge is 0.262 e. The van der Waals surface area contributed by atoms with Crippen LogP contribution in [0.25, 0.3) is 0 Å². The number of rotatable bonds is 5. The van der Waals surface area contributed by atoms with Crippen molar-refractivity contribution >= 4 is 45.1 Å². The molecule has 4 rings (SSSR count). The first kappa shape index (κ1) is 23.3. The zero-order valence-corrected chi connectivity index (χ0v) is 19.7. The maximum Gasteiger partial charge on any atom is 0.262 e. The summed E-state index contributed by atoms with van der Waals surface area (Å²) in [5.41, 5.74) is 0.882. The predicted molar refractivity (Wildman–Crippen MR) is 130 cm³/mol. The Hall–Kier alpha value is -2.85. The lowest BCUT2D eigenvalue weighted by atomic mass is 10.1. The Bertz CT molecular complexity index is 1150. The van der Waals surface area contributed by atoms with Gasteiger partial charge >= 0.3 is 0 Å². The van der Waals surface area contributed by atoms with Crippen molar-refractivity contribution in [2.24, 2.45) is 4.99 Å². The number of amides is 2. The van der Waals surface area contributed by atoms with Gasteiger partial charge in [-0.15, -0.1) is 11.8 Å². The van der Waals surface area contributed by atoms with E-state index in [2.05, 4.69) is 15.0 Å². The summed E-state index contributed by atoms with van der Waals surface area (Å²) in [6, 6.07) is 14.3. The third-order valence-corrected chi connectivity index (χ3v) is 7.90. The lowest BCUT2D eigenvalue weighted by Gasteiger charge is -2.23. The summed E-state index contributed by atoms with van der Waals surface area (Å²) in [4.78, 5) is 31.7. The second kappa shape index (κ2) is 10.4. The molecule has 2 N–H and O–H groups in total. The third-order valence-electron chi connectivity index (χ3n) is 5.50. The molecule has 0 spiro atoms. The van der Waals surface area contributed by atoms with Gasteiger partial charge in [0.2, 0.25) is 5.91 Å². The molecule has 0 bridgehead atoms. The highest BCUT2D eigenvalue weighted by Crippen LogP contribution is 2.25. The SMILES string of the molecule is O=C(Nc1cccc(S(=O)(=O)NC2=NCCCCC2)c1)[C@@H]1CSCN1C(=O)c1ccccc1. The maximum absolute atomic E-state index is 13.0. The number of nitrogens with one attached hydrogen (secondary N) is 2. The van der Waals surface area contributed by atoms with E-state index in [1.165, 1.54) is 23.9 Å². The van der Waals surface area contributed by atoms with Gasteiger partial charge in [-0.3, -0.25) is 19.3 Å². The van der Waals surface area contributed by atoms with Crippen molar-refractivity contribution in [3.63, 3.8) is 0 Å². The van der Waals surface area contributed by atoms with Crippen LogP contribution in [-0.2, 0) is 14.8 Å². The topological polar surface area (TPSA) is 108 Å². The third kappa shape index (κ3) is 5.75. The minimum absolute atomic E-state index is 0.0465. The lowest BCUT2D eigenvalue weighted by Crippen LogP contribution is -2.44. The van der Waals surface area contributed by atoms with Crippen LogP contribution in [0.3, 0.4) is 0 Å². The van der Waals surface area contributed by atoms with E-state index in [-0.39, 0.29) is 16.7 Å². The summed E-state index contributed by atoms with van der Waals surface area (Å²) in [7, 11) is -3.81. The average molecular weight is 487 g/mol. The van der Waals surface area contributed by atoms with Crippen LogP contribution in [0.2, 0.25) is 0 Å². The second-order valence-electron chi connectivity index (χ2n) is 7.92. The first-order valence-corrected chi connectivity index (χ1v) is 13.5. The predicted octanol–water partition coefficient (Wildman–Crippen LogP) is 3.09. The average Bonchev–Trinajstić information content (AvgIpc) is 3.18. The number of sulfonamides is 1. The summed E-state index contributed by atoms with van der Waals surface area (Å²) < 4.78 is 28.3. The molecule has 0 radical (unpaired) electrons. The summed E-state index contributed by atoms with van der Waals surface area (Å²) in [5.74, 6) is 0.820. The van der Waals surface area contributed by atoms with Crippen molar-refractivity contribution in [2.45, 2.75) is 36.6 Å². The minimum atomic E-state index is -3.81. The molecule has 2 aliphatic heterocycles. The molecule has 2 aromatic carbocycles. The maximum atomic E-state index is 13.0. The van der Waals surface area contributed by atoms with Crippen molar-refractivity contribution < 1.29 is 18.0 Å². The number of thioether (sulfide) groups is 1. The summed E-state index contributed by atoms with van der Waals surface area (Å²) in [6.45, 7) is 0.617. The molecule has 10 heteroatoms. The zero-order valence-electron chi connectivity index (χ0n) is 18.1. The molecule has 2 amide bonds. The fourth-order valence-electron chi connectivity index (χ4n) is 3.74. The molecule has 33 heavy (non-hydrogen) atoms. The van der Waals surface area contributed by atoms with E-state index in [0.717, 1.165) is 19.3 Å². The van der Waals surface area contributed by atoms with Gasteiger partial charge < -0.3 is 10.2 Å². The van der Waals surface area contributed by atoms with Gasteiger partial charge in [0.15, 0.2) is 0 Å². The largest absolute Gasteiger partial charge is 0.324 e.